The van der Waals surface area contributed by atoms with Crippen LogP contribution in [-0.2, 0) is 17.9 Å². The fourth-order valence-electron chi connectivity index (χ4n) is 2.26. The van der Waals surface area contributed by atoms with Crippen LogP contribution in [0.3, 0.4) is 0 Å². The zero-order valence-corrected chi connectivity index (χ0v) is 16.1. The highest BCUT2D eigenvalue weighted by Gasteiger charge is 2.09. The summed E-state index contributed by atoms with van der Waals surface area (Å²) in [4.78, 5) is 13.4. The Balaban J connectivity index is 1.87. The Kier molecular flexibility index (Phi) is 7.09. The molecular weight excluding hydrogens is 392 g/mol. The molecule has 0 saturated heterocycles. The molecule has 0 unspecified atom stereocenters. The SMILES string of the molecule is C[NH+](C)Cc1ccccc1CNC(=O)COc1ccc(Cl)cc1Br. The van der Waals surface area contributed by atoms with Gasteiger partial charge in [0.2, 0.25) is 0 Å². The van der Waals surface area contributed by atoms with Gasteiger partial charge in [-0.3, -0.25) is 4.79 Å². The first-order chi connectivity index (χ1) is 11.5. The van der Waals surface area contributed by atoms with E-state index in [2.05, 4.69) is 41.4 Å². The smallest absolute Gasteiger partial charge is 0.258 e. The molecule has 0 saturated carbocycles. The Morgan fingerprint density at radius 1 is 1.21 bits per heavy atom. The Morgan fingerprint density at radius 2 is 1.92 bits per heavy atom. The minimum Gasteiger partial charge on any atom is -0.483 e. The third kappa shape index (κ3) is 5.82. The predicted octanol–water partition coefficient (Wildman–Crippen LogP) is 2.44. The van der Waals surface area contributed by atoms with Gasteiger partial charge < -0.3 is 15.0 Å². The van der Waals surface area contributed by atoms with E-state index in [-0.39, 0.29) is 12.5 Å². The average molecular weight is 413 g/mol. The number of quaternary nitrogens is 1. The van der Waals surface area contributed by atoms with Crippen molar-refractivity contribution in [3.63, 3.8) is 0 Å². The van der Waals surface area contributed by atoms with Crippen LogP contribution in [0.2, 0.25) is 5.02 Å². The molecule has 0 radical (unpaired) electrons. The summed E-state index contributed by atoms with van der Waals surface area (Å²) < 4.78 is 6.24. The Bertz CT molecular complexity index is 707. The molecule has 2 aromatic rings. The van der Waals surface area contributed by atoms with E-state index in [4.69, 9.17) is 16.3 Å². The van der Waals surface area contributed by atoms with Gasteiger partial charge in [-0.25, -0.2) is 0 Å². The largest absolute Gasteiger partial charge is 0.483 e. The van der Waals surface area contributed by atoms with Gasteiger partial charge in [-0.2, -0.15) is 0 Å². The molecule has 24 heavy (non-hydrogen) atoms. The first kappa shape index (κ1) is 18.8. The highest BCUT2D eigenvalue weighted by atomic mass is 79.9. The van der Waals surface area contributed by atoms with E-state index in [1.54, 1.807) is 18.2 Å². The van der Waals surface area contributed by atoms with Crippen LogP contribution in [-0.4, -0.2) is 26.6 Å². The molecule has 1 amide bonds. The van der Waals surface area contributed by atoms with Crippen LogP contribution in [0.25, 0.3) is 0 Å². The highest BCUT2D eigenvalue weighted by Crippen LogP contribution is 2.27. The van der Waals surface area contributed by atoms with Crippen LogP contribution in [0.4, 0.5) is 0 Å². The van der Waals surface area contributed by atoms with Crippen LogP contribution < -0.4 is 15.0 Å². The number of amides is 1. The van der Waals surface area contributed by atoms with E-state index in [0.717, 1.165) is 16.6 Å². The number of carbonyl (C=O) groups excluding carboxylic acids is 1. The molecule has 2 rings (SSSR count). The number of ether oxygens (including phenoxy) is 1. The summed E-state index contributed by atoms with van der Waals surface area (Å²) in [6, 6.07) is 13.3. The fraction of sp³-hybridized carbons (Fsp3) is 0.278. The Morgan fingerprint density at radius 3 is 2.58 bits per heavy atom. The second-order valence-corrected chi connectivity index (χ2v) is 7.08. The quantitative estimate of drug-likeness (QED) is 0.733. The van der Waals surface area contributed by atoms with Gasteiger partial charge in [0.05, 0.1) is 18.6 Å². The molecule has 6 heteroatoms. The average Bonchev–Trinajstić information content (AvgIpc) is 2.52. The topological polar surface area (TPSA) is 42.8 Å². The first-order valence-corrected chi connectivity index (χ1v) is 8.83. The molecule has 0 aliphatic rings. The molecule has 0 bridgehead atoms. The van der Waals surface area contributed by atoms with E-state index in [1.807, 2.05) is 18.2 Å². The van der Waals surface area contributed by atoms with Crippen LogP contribution in [0.15, 0.2) is 46.9 Å². The molecule has 128 valence electrons. The number of rotatable bonds is 7. The van der Waals surface area contributed by atoms with Gasteiger partial charge in [-0.1, -0.05) is 35.9 Å². The summed E-state index contributed by atoms with van der Waals surface area (Å²) in [5.74, 6) is 0.426. The van der Waals surface area contributed by atoms with Crippen LogP contribution in [0.5, 0.6) is 5.75 Å². The molecule has 0 atom stereocenters. The summed E-state index contributed by atoms with van der Waals surface area (Å²) in [7, 11) is 4.21. The van der Waals surface area contributed by atoms with E-state index in [0.29, 0.717) is 17.3 Å². The number of nitrogens with one attached hydrogen (secondary N) is 2. The fourth-order valence-corrected chi connectivity index (χ4v) is 3.06. The van der Waals surface area contributed by atoms with Crippen molar-refractivity contribution in [2.24, 2.45) is 0 Å². The molecule has 0 aromatic heterocycles. The first-order valence-electron chi connectivity index (χ1n) is 7.66. The molecule has 0 spiro atoms. The highest BCUT2D eigenvalue weighted by molar-refractivity contribution is 9.10. The van der Waals surface area contributed by atoms with Crippen molar-refractivity contribution >= 4 is 33.4 Å². The second-order valence-electron chi connectivity index (χ2n) is 5.79. The molecule has 4 nitrogen and oxygen atoms in total. The number of benzene rings is 2. The molecule has 0 aliphatic heterocycles. The van der Waals surface area contributed by atoms with Crippen molar-refractivity contribution in [3.05, 3.63) is 63.1 Å². The van der Waals surface area contributed by atoms with E-state index in [9.17, 15) is 4.79 Å². The molecule has 2 aromatic carbocycles. The van der Waals surface area contributed by atoms with Crippen LogP contribution in [0, 0.1) is 0 Å². The monoisotopic (exact) mass is 411 g/mol. The van der Waals surface area contributed by atoms with Gasteiger partial charge >= 0.3 is 0 Å². The maximum atomic E-state index is 12.0. The lowest BCUT2D eigenvalue weighted by Gasteiger charge is -2.13. The lowest BCUT2D eigenvalue weighted by atomic mass is 10.1. The molecule has 0 aliphatic carbocycles. The minimum atomic E-state index is -0.163. The number of hydrogen-bond donors (Lipinski definition) is 2. The second kappa shape index (κ2) is 9.06. The summed E-state index contributed by atoms with van der Waals surface area (Å²) >= 11 is 9.24. The van der Waals surface area contributed by atoms with E-state index >= 15 is 0 Å². The Labute approximate surface area is 155 Å². The van der Waals surface area contributed by atoms with Crippen molar-refractivity contribution in [3.8, 4) is 5.75 Å². The van der Waals surface area contributed by atoms with Crippen LogP contribution >= 0.6 is 27.5 Å². The number of hydrogen-bond acceptors (Lipinski definition) is 2. The van der Waals surface area contributed by atoms with Crippen molar-refractivity contribution in [2.75, 3.05) is 20.7 Å². The third-order valence-corrected chi connectivity index (χ3v) is 4.25. The zero-order valence-electron chi connectivity index (χ0n) is 13.7. The predicted molar refractivity (Wildman–Crippen MR) is 99.5 cm³/mol. The summed E-state index contributed by atoms with van der Waals surface area (Å²) in [5.41, 5.74) is 2.36. The third-order valence-electron chi connectivity index (χ3n) is 3.39. The van der Waals surface area contributed by atoms with E-state index in [1.165, 1.54) is 10.5 Å². The number of halogens is 2. The molecular formula is C18H21BrClN2O2+. The zero-order chi connectivity index (χ0) is 17.5. The van der Waals surface area contributed by atoms with Crippen molar-refractivity contribution in [1.82, 2.24) is 5.32 Å². The lowest BCUT2D eigenvalue weighted by molar-refractivity contribution is -0.872. The Hall–Kier alpha value is -1.56. The molecule has 0 heterocycles. The summed E-state index contributed by atoms with van der Waals surface area (Å²) in [5, 5.41) is 3.51. The summed E-state index contributed by atoms with van der Waals surface area (Å²) in [6.07, 6.45) is 0. The normalized spacial score (nSPS) is 10.7. The van der Waals surface area contributed by atoms with Gasteiger partial charge in [0.1, 0.15) is 12.3 Å². The minimum absolute atomic E-state index is 0.0403. The van der Waals surface area contributed by atoms with Gasteiger partial charge in [0, 0.05) is 17.1 Å². The van der Waals surface area contributed by atoms with Crippen molar-refractivity contribution in [1.29, 1.82) is 0 Å². The molecule has 0 fully saturated rings. The van der Waals surface area contributed by atoms with Gasteiger partial charge in [-0.05, 0) is 39.7 Å². The summed E-state index contributed by atoms with van der Waals surface area (Å²) in [6.45, 7) is 1.37. The number of carbonyl (C=O) groups is 1. The van der Waals surface area contributed by atoms with Gasteiger partial charge in [0.15, 0.2) is 6.61 Å². The van der Waals surface area contributed by atoms with Gasteiger partial charge in [0.25, 0.3) is 5.91 Å². The lowest BCUT2D eigenvalue weighted by Crippen LogP contribution is -3.04. The maximum Gasteiger partial charge on any atom is 0.258 e. The standard InChI is InChI=1S/C18H20BrClN2O2/c1-22(2)11-14-6-4-3-5-13(14)10-21-18(23)12-24-17-8-7-15(20)9-16(17)19/h3-9H,10-12H2,1-2H3,(H,21,23)/p+1. The van der Waals surface area contributed by atoms with E-state index < -0.39 is 0 Å². The van der Waals surface area contributed by atoms with Crippen molar-refractivity contribution in [2.45, 2.75) is 13.1 Å². The van der Waals surface area contributed by atoms with Crippen molar-refractivity contribution < 1.29 is 14.4 Å². The molecule has 2 N–H and O–H groups in total. The van der Waals surface area contributed by atoms with Crippen LogP contribution in [0.1, 0.15) is 11.1 Å². The van der Waals surface area contributed by atoms with Gasteiger partial charge in [-0.15, -0.1) is 0 Å². The maximum absolute atomic E-state index is 12.0.